The van der Waals surface area contributed by atoms with Gasteiger partial charge in [-0.05, 0) is 7.05 Å². The number of likely N-dealkylation sites (N-methyl/N-ethyl adjacent to an activating group) is 1. The molecule has 0 spiro atoms. The summed E-state index contributed by atoms with van der Waals surface area (Å²) >= 11 is 0. The molecule has 1 fully saturated rings. The number of nitrogens with zero attached hydrogens (tertiary/aromatic N) is 3. The van der Waals surface area contributed by atoms with Crippen LogP contribution in [0.25, 0.3) is 0 Å². The van der Waals surface area contributed by atoms with E-state index in [1.54, 1.807) is 6.20 Å². The average molecular weight is 181 g/mol. The van der Waals surface area contributed by atoms with Crippen molar-refractivity contribution < 1.29 is 4.74 Å². The van der Waals surface area contributed by atoms with Crippen molar-refractivity contribution in [2.24, 2.45) is 0 Å². The van der Waals surface area contributed by atoms with Crippen molar-refractivity contribution >= 4 is 0 Å². The van der Waals surface area contributed by atoms with Crippen LogP contribution in [-0.2, 0) is 11.3 Å². The molecule has 1 aliphatic heterocycles. The first kappa shape index (κ1) is 8.72. The molecule has 0 aliphatic carbocycles. The fourth-order valence-corrected chi connectivity index (χ4v) is 1.61. The number of ether oxygens (including phenoxy) is 1. The Balaban J connectivity index is 1.87. The van der Waals surface area contributed by atoms with Crippen molar-refractivity contribution in [2.75, 3.05) is 26.7 Å². The quantitative estimate of drug-likeness (QED) is 0.653. The molecule has 72 valence electrons. The molecule has 2 rings (SSSR count). The summed E-state index contributed by atoms with van der Waals surface area (Å²) in [7, 11) is 2.13. The number of morpholine rings is 1. The predicted octanol–water partition coefficient (Wildman–Crippen LogP) is 0.214. The second-order valence-corrected chi connectivity index (χ2v) is 3.51. The van der Waals surface area contributed by atoms with Gasteiger partial charge < -0.3 is 14.2 Å². The Bertz CT molecular complexity index is 247. The number of rotatable bonds is 2. The number of aromatic nitrogens is 2. The topological polar surface area (TPSA) is 30.3 Å². The zero-order valence-corrected chi connectivity index (χ0v) is 7.89. The lowest BCUT2D eigenvalue weighted by atomic mass is 10.3. The van der Waals surface area contributed by atoms with Crippen molar-refractivity contribution in [3.63, 3.8) is 0 Å². The summed E-state index contributed by atoms with van der Waals surface area (Å²) in [4.78, 5) is 6.30. The summed E-state index contributed by atoms with van der Waals surface area (Å²) in [6.07, 6.45) is 5.91. The molecule has 0 amide bonds. The van der Waals surface area contributed by atoms with E-state index in [1.165, 1.54) is 0 Å². The molecular weight excluding hydrogens is 166 g/mol. The molecule has 1 atom stereocenters. The third-order valence-corrected chi connectivity index (χ3v) is 2.32. The van der Waals surface area contributed by atoms with Gasteiger partial charge in [0, 0.05) is 25.5 Å². The van der Waals surface area contributed by atoms with Gasteiger partial charge >= 0.3 is 0 Å². The maximum Gasteiger partial charge on any atom is 0.0946 e. The van der Waals surface area contributed by atoms with Crippen molar-refractivity contribution in [3.8, 4) is 0 Å². The second-order valence-electron chi connectivity index (χ2n) is 3.51. The molecular formula is C9H15N3O. The van der Waals surface area contributed by atoms with Crippen LogP contribution < -0.4 is 0 Å². The molecule has 0 bridgehead atoms. The minimum atomic E-state index is 0.313. The molecule has 1 aromatic rings. The largest absolute Gasteiger partial charge is 0.374 e. The maximum absolute atomic E-state index is 5.63. The maximum atomic E-state index is 5.63. The summed E-state index contributed by atoms with van der Waals surface area (Å²) in [5, 5.41) is 0. The summed E-state index contributed by atoms with van der Waals surface area (Å²) in [6.45, 7) is 3.80. The fraction of sp³-hybridized carbons (Fsp3) is 0.667. The lowest BCUT2D eigenvalue weighted by Crippen LogP contribution is -2.41. The molecule has 1 saturated heterocycles. The molecule has 2 heterocycles. The molecule has 1 aliphatic rings. The van der Waals surface area contributed by atoms with Gasteiger partial charge in [-0.25, -0.2) is 4.98 Å². The van der Waals surface area contributed by atoms with E-state index >= 15 is 0 Å². The Morgan fingerprint density at radius 3 is 3.23 bits per heavy atom. The van der Waals surface area contributed by atoms with Crippen LogP contribution >= 0.6 is 0 Å². The Hall–Kier alpha value is -0.870. The highest BCUT2D eigenvalue weighted by Crippen LogP contribution is 2.05. The van der Waals surface area contributed by atoms with Crippen LogP contribution in [0.5, 0.6) is 0 Å². The molecule has 0 unspecified atom stereocenters. The van der Waals surface area contributed by atoms with Crippen LogP contribution in [0.1, 0.15) is 0 Å². The Morgan fingerprint density at radius 1 is 1.62 bits per heavy atom. The SMILES string of the molecule is CN1CCO[C@H](Cn2ccnc2)C1. The van der Waals surface area contributed by atoms with Crippen LogP contribution in [0.3, 0.4) is 0 Å². The average Bonchev–Trinajstić information content (AvgIpc) is 2.57. The van der Waals surface area contributed by atoms with E-state index < -0.39 is 0 Å². The van der Waals surface area contributed by atoms with E-state index in [-0.39, 0.29) is 0 Å². The number of imidazole rings is 1. The van der Waals surface area contributed by atoms with E-state index in [0.29, 0.717) is 6.10 Å². The van der Waals surface area contributed by atoms with E-state index in [0.717, 1.165) is 26.2 Å². The summed E-state index contributed by atoms with van der Waals surface area (Å²) in [6, 6.07) is 0. The summed E-state index contributed by atoms with van der Waals surface area (Å²) in [5.74, 6) is 0. The third-order valence-electron chi connectivity index (χ3n) is 2.32. The molecule has 0 saturated carbocycles. The van der Waals surface area contributed by atoms with Crippen molar-refractivity contribution in [3.05, 3.63) is 18.7 Å². The molecule has 4 nitrogen and oxygen atoms in total. The van der Waals surface area contributed by atoms with Gasteiger partial charge in [-0.15, -0.1) is 0 Å². The van der Waals surface area contributed by atoms with Crippen LogP contribution in [0, 0.1) is 0 Å². The van der Waals surface area contributed by atoms with Crippen LogP contribution in [0.15, 0.2) is 18.7 Å². The monoisotopic (exact) mass is 181 g/mol. The van der Waals surface area contributed by atoms with Gasteiger partial charge in [0.1, 0.15) is 0 Å². The predicted molar refractivity (Wildman–Crippen MR) is 49.5 cm³/mol. The van der Waals surface area contributed by atoms with Crippen molar-refractivity contribution in [2.45, 2.75) is 12.6 Å². The molecule has 4 heteroatoms. The molecule has 0 radical (unpaired) electrons. The normalized spacial score (nSPS) is 24.8. The minimum absolute atomic E-state index is 0.313. The van der Waals surface area contributed by atoms with Gasteiger partial charge in [-0.3, -0.25) is 0 Å². The third kappa shape index (κ3) is 2.29. The first-order valence-corrected chi connectivity index (χ1v) is 4.60. The highest BCUT2D eigenvalue weighted by atomic mass is 16.5. The highest BCUT2D eigenvalue weighted by Gasteiger charge is 2.17. The molecule has 13 heavy (non-hydrogen) atoms. The minimum Gasteiger partial charge on any atom is -0.374 e. The first-order valence-electron chi connectivity index (χ1n) is 4.60. The standard InChI is InChI=1S/C9H15N3O/c1-11-4-5-13-9(6-11)7-12-3-2-10-8-12/h2-3,8-9H,4-7H2,1H3/t9-/m0/s1. The van der Waals surface area contributed by atoms with E-state index in [1.807, 2.05) is 12.5 Å². The zero-order chi connectivity index (χ0) is 9.10. The Labute approximate surface area is 78.1 Å². The van der Waals surface area contributed by atoms with Crippen LogP contribution in [0.2, 0.25) is 0 Å². The summed E-state index contributed by atoms with van der Waals surface area (Å²) < 4.78 is 7.69. The number of hydrogen-bond donors (Lipinski definition) is 0. The van der Waals surface area contributed by atoms with Gasteiger partial charge in [-0.2, -0.15) is 0 Å². The molecule has 1 aromatic heterocycles. The lowest BCUT2D eigenvalue weighted by Gasteiger charge is -2.30. The highest BCUT2D eigenvalue weighted by molar-refractivity contribution is 4.78. The van der Waals surface area contributed by atoms with Gasteiger partial charge in [0.2, 0.25) is 0 Å². The summed E-state index contributed by atoms with van der Waals surface area (Å²) in [5.41, 5.74) is 0. The van der Waals surface area contributed by atoms with Gasteiger partial charge in [0.25, 0.3) is 0 Å². The molecule has 0 aromatic carbocycles. The Morgan fingerprint density at radius 2 is 2.54 bits per heavy atom. The van der Waals surface area contributed by atoms with Crippen molar-refractivity contribution in [1.82, 2.24) is 14.5 Å². The van der Waals surface area contributed by atoms with Gasteiger partial charge in [0.15, 0.2) is 0 Å². The van der Waals surface area contributed by atoms with Gasteiger partial charge in [-0.1, -0.05) is 0 Å². The van der Waals surface area contributed by atoms with E-state index in [2.05, 4.69) is 21.5 Å². The zero-order valence-electron chi connectivity index (χ0n) is 7.89. The van der Waals surface area contributed by atoms with Crippen LogP contribution in [0.4, 0.5) is 0 Å². The van der Waals surface area contributed by atoms with Crippen molar-refractivity contribution in [1.29, 1.82) is 0 Å². The number of hydrogen-bond acceptors (Lipinski definition) is 3. The van der Waals surface area contributed by atoms with E-state index in [9.17, 15) is 0 Å². The lowest BCUT2D eigenvalue weighted by molar-refractivity contribution is -0.0274. The smallest absolute Gasteiger partial charge is 0.0946 e. The van der Waals surface area contributed by atoms with Gasteiger partial charge in [0.05, 0.1) is 25.6 Å². The molecule has 0 N–H and O–H groups in total. The Kier molecular flexibility index (Phi) is 2.61. The van der Waals surface area contributed by atoms with Crippen LogP contribution in [-0.4, -0.2) is 47.3 Å². The fourth-order valence-electron chi connectivity index (χ4n) is 1.61. The van der Waals surface area contributed by atoms with E-state index in [4.69, 9.17) is 4.74 Å². The first-order chi connectivity index (χ1) is 6.34. The second kappa shape index (κ2) is 3.89.